The molecule has 2 aromatic heterocycles. The topological polar surface area (TPSA) is 51.9 Å². The van der Waals surface area contributed by atoms with Crippen LogP contribution in [0.5, 0.6) is 11.5 Å². The molecule has 3 heterocycles. The van der Waals surface area contributed by atoms with Crippen LogP contribution in [0, 0.1) is 0 Å². The molecular weight excluding hydrogens is 340 g/mol. The van der Waals surface area contributed by atoms with Crippen LogP contribution in [-0.4, -0.2) is 40.9 Å². The van der Waals surface area contributed by atoms with E-state index < -0.39 is 0 Å². The molecule has 1 aromatic carbocycles. The molecule has 0 radical (unpaired) electrons. The van der Waals surface area contributed by atoms with Gasteiger partial charge < -0.3 is 14.4 Å². The summed E-state index contributed by atoms with van der Waals surface area (Å²) >= 11 is 0. The van der Waals surface area contributed by atoms with Crippen molar-refractivity contribution in [2.75, 3.05) is 25.1 Å². The van der Waals surface area contributed by atoms with E-state index in [1.807, 2.05) is 41.0 Å². The summed E-state index contributed by atoms with van der Waals surface area (Å²) in [4.78, 5) is 7.10. The zero-order valence-electron chi connectivity index (χ0n) is 16.1. The maximum Gasteiger partial charge on any atom is 0.161 e. The Morgan fingerprint density at radius 1 is 1.07 bits per heavy atom. The third-order valence-corrected chi connectivity index (χ3v) is 5.08. The predicted molar refractivity (Wildman–Crippen MR) is 106 cm³/mol. The molecule has 1 fully saturated rings. The van der Waals surface area contributed by atoms with Crippen molar-refractivity contribution in [1.82, 2.24) is 14.6 Å². The van der Waals surface area contributed by atoms with Gasteiger partial charge in [-0.15, -0.1) is 0 Å². The minimum absolute atomic E-state index is 0.192. The number of fused-ring (bicyclic) bond motifs is 1. The van der Waals surface area contributed by atoms with Crippen LogP contribution in [0.15, 0.2) is 42.6 Å². The van der Waals surface area contributed by atoms with E-state index in [1.165, 1.54) is 0 Å². The highest BCUT2D eigenvalue weighted by Crippen LogP contribution is 2.30. The fourth-order valence-electron chi connectivity index (χ4n) is 3.54. The second-order valence-electron chi connectivity index (χ2n) is 7.25. The fourth-order valence-corrected chi connectivity index (χ4v) is 3.54. The highest BCUT2D eigenvalue weighted by molar-refractivity contribution is 5.51. The summed E-state index contributed by atoms with van der Waals surface area (Å²) in [6.07, 6.45) is 3.92. The lowest BCUT2D eigenvalue weighted by Gasteiger charge is -2.34. The molecule has 0 spiro atoms. The zero-order chi connectivity index (χ0) is 18.8. The molecule has 6 nitrogen and oxygen atoms in total. The molecule has 0 saturated carbocycles. The molecule has 0 bridgehead atoms. The third-order valence-electron chi connectivity index (χ3n) is 5.08. The number of para-hydroxylation sites is 2. The molecule has 6 heteroatoms. The SMILES string of the molecule is COc1ccccc1OC1CCN(c2cc(C(C)C)nc3ccnn23)CC1. The first-order valence-electron chi connectivity index (χ1n) is 9.55. The molecule has 1 aliphatic heterocycles. The summed E-state index contributed by atoms with van der Waals surface area (Å²) in [7, 11) is 1.68. The van der Waals surface area contributed by atoms with Crippen LogP contribution in [0.3, 0.4) is 0 Å². The highest BCUT2D eigenvalue weighted by Gasteiger charge is 2.24. The third kappa shape index (κ3) is 3.56. The van der Waals surface area contributed by atoms with E-state index in [0.717, 1.165) is 54.6 Å². The van der Waals surface area contributed by atoms with E-state index >= 15 is 0 Å². The smallest absolute Gasteiger partial charge is 0.161 e. The molecular formula is C21H26N4O2. The lowest BCUT2D eigenvalue weighted by Crippen LogP contribution is -2.39. The second-order valence-corrected chi connectivity index (χ2v) is 7.25. The number of rotatable bonds is 5. The molecule has 0 atom stereocenters. The van der Waals surface area contributed by atoms with Gasteiger partial charge in [-0.2, -0.15) is 9.61 Å². The van der Waals surface area contributed by atoms with Crippen LogP contribution in [0.25, 0.3) is 5.65 Å². The summed E-state index contributed by atoms with van der Waals surface area (Å²) in [6, 6.07) is 12.0. The van der Waals surface area contributed by atoms with Gasteiger partial charge in [0, 0.05) is 43.8 Å². The maximum absolute atomic E-state index is 6.21. The van der Waals surface area contributed by atoms with Crippen molar-refractivity contribution in [3.63, 3.8) is 0 Å². The normalized spacial score (nSPS) is 15.5. The van der Waals surface area contributed by atoms with Crippen molar-refractivity contribution < 1.29 is 9.47 Å². The quantitative estimate of drug-likeness (QED) is 0.685. The fraction of sp³-hybridized carbons (Fsp3) is 0.429. The Bertz CT molecular complexity index is 913. The first-order chi connectivity index (χ1) is 13.2. The number of aromatic nitrogens is 3. The van der Waals surface area contributed by atoms with Crippen LogP contribution >= 0.6 is 0 Å². The van der Waals surface area contributed by atoms with Gasteiger partial charge in [-0.05, 0) is 18.1 Å². The Labute approximate surface area is 159 Å². The Morgan fingerprint density at radius 3 is 2.52 bits per heavy atom. The van der Waals surface area contributed by atoms with Gasteiger partial charge in [0.15, 0.2) is 17.1 Å². The number of nitrogens with zero attached hydrogens (tertiary/aromatic N) is 4. The van der Waals surface area contributed by atoms with E-state index in [9.17, 15) is 0 Å². The van der Waals surface area contributed by atoms with E-state index in [0.29, 0.717) is 5.92 Å². The maximum atomic E-state index is 6.21. The summed E-state index contributed by atoms with van der Waals surface area (Å²) in [6.45, 7) is 6.20. The molecule has 142 valence electrons. The van der Waals surface area contributed by atoms with Gasteiger partial charge in [0.05, 0.1) is 13.3 Å². The molecule has 3 aromatic rings. The van der Waals surface area contributed by atoms with Crippen LogP contribution in [0.1, 0.15) is 38.3 Å². The standard InChI is InChI=1S/C21H26N4O2/c1-15(2)17-14-21(25-20(23-17)8-11-22-25)24-12-9-16(10-13-24)27-19-7-5-4-6-18(19)26-3/h4-8,11,14-16H,9-10,12-13H2,1-3H3. The van der Waals surface area contributed by atoms with Gasteiger partial charge in [0.1, 0.15) is 11.9 Å². The van der Waals surface area contributed by atoms with Crippen molar-refractivity contribution in [1.29, 1.82) is 0 Å². The number of methoxy groups -OCH3 is 1. The molecule has 1 aliphatic rings. The number of hydrogen-bond donors (Lipinski definition) is 0. The van der Waals surface area contributed by atoms with Gasteiger partial charge in [-0.3, -0.25) is 0 Å². The van der Waals surface area contributed by atoms with Crippen LogP contribution < -0.4 is 14.4 Å². The largest absolute Gasteiger partial charge is 0.493 e. The van der Waals surface area contributed by atoms with Gasteiger partial charge >= 0.3 is 0 Å². The Balaban J connectivity index is 1.49. The number of ether oxygens (including phenoxy) is 2. The zero-order valence-corrected chi connectivity index (χ0v) is 16.1. The lowest BCUT2D eigenvalue weighted by molar-refractivity contribution is 0.164. The Morgan fingerprint density at radius 2 is 1.81 bits per heavy atom. The Kier molecular flexibility index (Phi) is 4.88. The monoisotopic (exact) mass is 366 g/mol. The molecule has 0 amide bonds. The van der Waals surface area contributed by atoms with Crippen molar-refractivity contribution in [3.05, 3.63) is 48.3 Å². The summed E-state index contributed by atoms with van der Waals surface area (Å²) in [5.74, 6) is 3.10. The van der Waals surface area contributed by atoms with Gasteiger partial charge in [-0.1, -0.05) is 26.0 Å². The molecule has 0 unspecified atom stereocenters. The molecule has 0 N–H and O–H groups in total. The van der Waals surface area contributed by atoms with E-state index in [1.54, 1.807) is 7.11 Å². The predicted octanol–water partition coefficient (Wildman–Crippen LogP) is 3.91. The minimum atomic E-state index is 0.192. The van der Waals surface area contributed by atoms with Gasteiger partial charge in [0.2, 0.25) is 0 Å². The first kappa shape index (κ1) is 17.6. The number of anilines is 1. The molecule has 0 aliphatic carbocycles. The van der Waals surface area contributed by atoms with E-state index in [-0.39, 0.29) is 6.10 Å². The minimum Gasteiger partial charge on any atom is -0.493 e. The van der Waals surface area contributed by atoms with Gasteiger partial charge in [-0.25, -0.2) is 4.98 Å². The van der Waals surface area contributed by atoms with E-state index in [4.69, 9.17) is 14.5 Å². The molecule has 4 rings (SSSR count). The number of hydrogen-bond acceptors (Lipinski definition) is 5. The van der Waals surface area contributed by atoms with Gasteiger partial charge in [0.25, 0.3) is 0 Å². The molecule has 27 heavy (non-hydrogen) atoms. The first-order valence-corrected chi connectivity index (χ1v) is 9.55. The van der Waals surface area contributed by atoms with Crippen molar-refractivity contribution in [3.8, 4) is 11.5 Å². The van der Waals surface area contributed by atoms with E-state index in [2.05, 4.69) is 29.9 Å². The lowest BCUT2D eigenvalue weighted by atomic mass is 10.1. The average Bonchev–Trinajstić information content (AvgIpc) is 3.17. The number of piperidine rings is 1. The van der Waals surface area contributed by atoms with Crippen molar-refractivity contribution in [2.24, 2.45) is 0 Å². The summed E-state index contributed by atoms with van der Waals surface area (Å²) in [5, 5.41) is 4.47. The van der Waals surface area contributed by atoms with Crippen molar-refractivity contribution >= 4 is 11.5 Å². The number of benzene rings is 1. The summed E-state index contributed by atoms with van der Waals surface area (Å²) in [5.41, 5.74) is 2.01. The Hall–Kier alpha value is -2.76. The summed E-state index contributed by atoms with van der Waals surface area (Å²) < 4.78 is 13.5. The average molecular weight is 366 g/mol. The molecule has 1 saturated heterocycles. The van der Waals surface area contributed by atoms with Crippen molar-refractivity contribution in [2.45, 2.75) is 38.7 Å². The van der Waals surface area contributed by atoms with Crippen LogP contribution in [0.4, 0.5) is 5.82 Å². The second kappa shape index (κ2) is 7.47. The van der Waals surface area contributed by atoms with Crippen LogP contribution in [-0.2, 0) is 0 Å². The van der Waals surface area contributed by atoms with Crippen LogP contribution in [0.2, 0.25) is 0 Å². The highest BCUT2D eigenvalue weighted by atomic mass is 16.5.